The summed E-state index contributed by atoms with van der Waals surface area (Å²) in [6, 6.07) is 20.2. The van der Waals surface area contributed by atoms with Crippen molar-refractivity contribution in [1.82, 2.24) is 10.6 Å². The Morgan fingerprint density at radius 2 is 1.77 bits per heavy atom. The van der Waals surface area contributed by atoms with E-state index in [1.54, 1.807) is 18.2 Å². The van der Waals surface area contributed by atoms with Gasteiger partial charge in [0.15, 0.2) is 0 Å². The Balaban J connectivity index is 1.69. The maximum absolute atomic E-state index is 12.9. The Morgan fingerprint density at radius 3 is 2.47 bits per heavy atom. The van der Waals surface area contributed by atoms with Gasteiger partial charge in [0.05, 0.1) is 6.04 Å². The lowest BCUT2D eigenvalue weighted by molar-refractivity contribution is -0.118. The number of hydrogen-bond donors (Lipinski definition) is 2. The van der Waals surface area contributed by atoms with Crippen molar-refractivity contribution >= 4 is 29.2 Å². The van der Waals surface area contributed by atoms with Crippen LogP contribution in [-0.4, -0.2) is 24.5 Å². The molecular weight excluding hydrogens is 396 g/mol. The zero-order chi connectivity index (χ0) is 21.3. The predicted molar refractivity (Wildman–Crippen MR) is 120 cm³/mol. The zero-order valence-corrected chi connectivity index (χ0v) is 17.7. The van der Waals surface area contributed by atoms with Crippen LogP contribution in [0.5, 0.6) is 5.75 Å². The highest BCUT2D eigenvalue weighted by molar-refractivity contribution is 7.10. The number of benzene rings is 2. The first-order valence-corrected chi connectivity index (χ1v) is 10.5. The van der Waals surface area contributed by atoms with E-state index in [2.05, 4.69) is 10.6 Å². The molecule has 0 saturated carbocycles. The van der Waals surface area contributed by atoms with Crippen LogP contribution in [0, 0.1) is 6.92 Å². The van der Waals surface area contributed by atoms with E-state index in [1.165, 1.54) is 11.3 Å². The fourth-order valence-electron chi connectivity index (χ4n) is 2.77. The molecule has 2 aromatic carbocycles. The van der Waals surface area contributed by atoms with E-state index in [-0.39, 0.29) is 23.6 Å². The van der Waals surface area contributed by atoms with Crippen LogP contribution >= 0.6 is 11.3 Å². The standard InChI is InChI=1S/C24H24N2O3S/c1-17-9-6-7-13-21(17)23(27)26-22(15-20-12-8-14-30-20)24(28)25-18(2)16-29-19-10-4-3-5-11-19/h3-15,18H,16H2,1-2H3,(H,25,28)(H,26,27)/b22-15-. The van der Waals surface area contributed by atoms with Crippen molar-refractivity contribution in [1.29, 1.82) is 0 Å². The molecule has 154 valence electrons. The number of amides is 2. The number of rotatable bonds is 8. The monoisotopic (exact) mass is 420 g/mol. The van der Waals surface area contributed by atoms with Crippen molar-refractivity contribution < 1.29 is 14.3 Å². The smallest absolute Gasteiger partial charge is 0.268 e. The first-order chi connectivity index (χ1) is 14.5. The average Bonchev–Trinajstić information content (AvgIpc) is 3.26. The highest BCUT2D eigenvalue weighted by atomic mass is 32.1. The Hall–Kier alpha value is -3.38. The van der Waals surface area contributed by atoms with Gasteiger partial charge in [0.1, 0.15) is 18.1 Å². The van der Waals surface area contributed by atoms with Gasteiger partial charge in [-0.25, -0.2) is 0 Å². The third kappa shape index (κ3) is 6.06. The number of carbonyl (C=O) groups is 2. The van der Waals surface area contributed by atoms with Gasteiger partial charge in [-0.1, -0.05) is 42.5 Å². The molecule has 0 aliphatic carbocycles. The van der Waals surface area contributed by atoms with Gasteiger partial charge in [0, 0.05) is 10.4 Å². The van der Waals surface area contributed by atoms with Crippen LogP contribution in [-0.2, 0) is 4.79 Å². The van der Waals surface area contributed by atoms with Crippen molar-refractivity contribution in [3.8, 4) is 5.75 Å². The SMILES string of the molecule is Cc1ccccc1C(=O)N/C(=C\c1cccs1)C(=O)NC(C)COc1ccccc1. The van der Waals surface area contributed by atoms with Crippen molar-refractivity contribution in [2.45, 2.75) is 19.9 Å². The lowest BCUT2D eigenvalue weighted by atomic mass is 10.1. The minimum Gasteiger partial charge on any atom is -0.491 e. The lowest BCUT2D eigenvalue weighted by Gasteiger charge is -2.17. The number of para-hydroxylation sites is 1. The molecule has 0 saturated heterocycles. The molecule has 0 aliphatic rings. The van der Waals surface area contributed by atoms with Crippen molar-refractivity contribution in [3.63, 3.8) is 0 Å². The van der Waals surface area contributed by atoms with Gasteiger partial charge in [-0.2, -0.15) is 0 Å². The second-order valence-electron chi connectivity index (χ2n) is 6.84. The minimum atomic E-state index is -0.366. The van der Waals surface area contributed by atoms with Gasteiger partial charge < -0.3 is 15.4 Å². The summed E-state index contributed by atoms with van der Waals surface area (Å²) in [4.78, 5) is 26.5. The Bertz CT molecular complexity index is 1010. The summed E-state index contributed by atoms with van der Waals surface area (Å²) in [6.07, 6.45) is 1.68. The fraction of sp³-hybridized carbons (Fsp3) is 0.167. The van der Waals surface area contributed by atoms with Crippen molar-refractivity contribution in [2.75, 3.05) is 6.61 Å². The average molecular weight is 421 g/mol. The molecule has 3 rings (SSSR count). The molecule has 0 bridgehead atoms. The third-order valence-corrected chi connectivity index (χ3v) is 5.15. The molecule has 6 heteroatoms. The van der Waals surface area contributed by atoms with Gasteiger partial charge in [-0.15, -0.1) is 11.3 Å². The van der Waals surface area contributed by atoms with Crippen LogP contribution in [0.2, 0.25) is 0 Å². The Labute approximate surface area is 180 Å². The molecule has 1 atom stereocenters. The van der Waals surface area contributed by atoms with Crippen LogP contribution < -0.4 is 15.4 Å². The molecule has 2 N–H and O–H groups in total. The van der Waals surface area contributed by atoms with Crippen molar-refractivity contribution in [2.24, 2.45) is 0 Å². The zero-order valence-electron chi connectivity index (χ0n) is 16.9. The normalized spacial score (nSPS) is 12.1. The molecule has 30 heavy (non-hydrogen) atoms. The van der Waals surface area contributed by atoms with E-state index in [9.17, 15) is 9.59 Å². The maximum Gasteiger partial charge on any atom is 0.268 e. The Kier molecular flexibility index (Phi) is 7.40. The van der Waals surface area contributed by atoms with E-state index < -0.39 is 0 Å². The quantitative estimate of drug-likeness (QED) is 0.531. The summed E-state index contributed by atoms with van der Waals surface area (Å²) >= 11 is 1.49. The summed E-state index contributed by atoms with van der Waals surface area (Å²) in [7, 11) is 0. The van der Waals surface area contributed by atoms with Crippen LogP contribution in [0.15, 0.2) is 77.8 Å². The molecule has 0 radical (unpaired) electrons. The molecule has 1 heterocycles. The molecule has 0 aliphatic heterocycles. The van der Waals surface area contributed by atoms with Gasteiger partial charge in [0.25, 0.3) is 11.8 Å². The second kappa shape index (κ2) is 10.4. The van der Waals surface area contributed by atoms with E-state index in [0.717, 1.165) is 16.2 Å². The van der Waals surface area contributed by atoms with Crippen LogP contribution in [0.3, 0.4) is 0 Å². The van der Waals surface area contributed by atoms with Gasteiger partial charge in [0.2, 0.25) is 0 Å². The van der Waals surface area contributed by atoms with Gasteiger partial charge in [-0.3, -0.25) is 9.59 Å². The highest BCUT2D eigenvalue weighted by Gasteiger charge is 2.18. The largest absolute Gasteiger partial charge is 0.491 e. The second-order valence-corrected chi connectivity index (χ2v) is 7.82. The van der Waals surface area contributed by atoms with Crippen LogP contribution in [0.4, 0.5) is 0 Å². The van der Waals surface area contributed by atoms with Gasteiger partial charge in [-0.05, 0) is 55.1 Å². The molecular formula is C24H24N2O3S. The Morgan fingerprint density at radius 1 is 1.03 bits per heavy atom. The highest BCUT2D eigenvalue weighted by Crippen LogP contribution is 2.14. The number of nitrogens with one attached hydrogen (secondary N) is 2. The predicted octanol–water partition coefficient (Wildman–Crippen LogP) is 4.41. The molecule has 3 aromatic rings. The van der Waals surface area contributed by atoms with Gasteiger partial charge >= 0.3 is 0 Å². The van der Waals surface area contributed by atoms with Crippen LogP contribution in [0.25, 0.3) is 6.08 Å². The summed E-state index contributed by atoms with van der Waals surface area (Å²) in [6.45, 7) is 4.03. The van der Waals surface area contributed by atoms with E-state index >= 15 is 0 Å². The molecule has 2 amide bonds. The number of carbonyl (C=O) groups excluding carboxylic acids is 2. The summed E-state index contributed by atoms with van der Waals surface area (Å²) in [5.74, 6) is 0.0505. The first kappa shape index (κ1) is 21.3. The number of aryl methyl sites for hydroxylation is 1. The molecule has 1 unspecified atom stereocenters. The lowest BCUT2D eigenvalue weighted by Crippen LogP contribution is -2.41. The fourth-order valence-corrected chi connectivity index (χ4v) is 3.43. The third-order valence-electron chi connectivity index (χ3n) is 4.33. The van der Waals surface area contributed by atoms with Crippen molar-refractivity contribution in [3.05, 3.63) is 93.8 Å². The molecule has 5 nitrogen and oxygen atoms in total. The number of hydrogen-bond acceptors (Lipinski definition) is 4. The van der Waals surface area contributed by atoms with E-state index in [1.807, 2.05) is 73.8 Å². The number of ether oxygens (including phenoxy) is 1. The molecule has 1 aromatic heterocycles. The summed E-state index contributed by atoms with van der Waals surface area (Å²) < 4.78 is 5.70. The minimum absolute atomic E-state index is 0.192. The molecule has 0 spiro atoms. The number of thiophene rings is 1. The molecule has 0 fully saturated rings. The van der Waals surface area contributed by atoms with E-state index in [4.69, 9.17) is 4.74 Å². The topological polar surface area (TPSA) is 67.4 Å². The summed E-state index contributed by atoms with van der Waals surface area (Å²) in [5, 5.41) is 7.58. The maximum atomic E-state index is 12.9. The first-order valence-electron chi connectivity index (χ1n) is 9.64. The summed E-state index contributed by atoms with van der Waals surface area (Å²) in [5.41, 5.74) is 1.57. The van der Waals surface area contributed by atoms with E-state index in [0.29, 0.717) is 12.2 Å². The van der Waals surface area contributed by atoms with Crippen LogP contribution in [0.1, 0.15) is 27.7 Å².